The van der Waals surface area contributed by atoms with Gasteiger partial charge in [-0.15, -0.1) is 0 Å². The number of fused-ring (bicyclic) bond motifs is 1. The van der Waals surface area contributed by atoms with E-state index in [-0.39, 0.29) is 17.7 Å². The molecule has 3 heterocycles. The highest BCUT2D eigenvalue weighted by Crippen LogP contribution is 2.46. The highest BCUT2D eigenvalue weighted by Gasteiger charge is 2.51. The van der Waals surface area contributed by atoms with E-state index in [1.54, 1.807) is 19.1 Å². The molecule has 47 heavy (non-hydrogen) atoms. The van der Waals surface area contributed by atoms with Crippen LogP contribution in [-0.2, 0) is 16.6 Å². The molecule has 14 heteroatoms. The first-order valence-corrected chi connectivity index (χ1v) is 19.1. The molecule has 0 radical (unpaired) electrons. The van der Waals surface area contributed by atoms with Crippen LogP contribution in [0.1, 0.15) is 86.9 Å². The van der Waals surface area contributed by atoms with Crippen LogP contribution >= 0.6 is 34.5 Å². The molecular weight excluding hydrogens is 681 g/mol. The van der Waals surface area contributed by atoms with E-state index in [1.807, 2.05) is 32.0 Å². The lowest BCUT2D eigenvalue weighted by Gasteiger charge is -2.32. The van der Waals surface area contributed by atoms with Crippen LogP contribution in [0.15, 0.2) is 34.9 Å². The third-order valence-corrected chi connectivity index (χ3v) is 13.1. The molecule has 250 valence electrons. The van der Waals surface area contributed by atoms with Gasteiger partial charge in [0.15, 0.2) is 5.13 Å². The second-order valence-electron chi connectivity index (χ2n) is 13.3. The summed E-state index contributed by atoms with van der Waals surface area (Å²) in [5.41, 5.74) is 3.32. The van der Waals surface area contributed by atoms with Crippen molar-refractivity contribution in [3.63, 3.8) is 0 Å². The number of ether oxygens (including phenoxy) is 1. The number of sulfonamides is 1. The summed E-state index contributed by atoms with van der Waals surface area (Å²) in [6.45, 7) is 7.66. The number of nitrogens with zero attached hydrogens (tertiary/aromatic N) is 3. The maximum atomic E-state index is 13.1. The van der Waals surface area contributed by atoms with Crippen LogP contribution in [0.3, 0.4) is 0 Å². The number of piperidine rings is 1. The Kier molecular flexibility index (Phi) is 8.70. The number of nitrogens with one attached hydrogen (secondary N) is 2. The number of hydrogen-bond donors (Lipinski definition) is 2. The fourth-order valence-corrected chi connectivity index (χ4v) is 8.85. The zero-order valence-electron chi connectivity index (χ0n) is 26.4. The van der Waals surface area contributed by atoms with Gasteiger partial charge in [0.2, 0.25) is 10.0 Å². The predicted molar refractivity (Wildman–Crippen MR) is 185 cm³/mol. The third kappa shape index (κ3) is 6.59. The number of hydrogen-bond acceptors (Lipinski definition) is 10. The van der Waals surface area contributed by atoms with Gasteiger partial charge in [0.05, 0.1) is 25.6 Å². The summed E-state index contributed by atoms with van der Waals surface area (Å²) in [6, 6.07) is 9.03. The minimum Gasteiger partial charge on any atom is -0.489 e. The third-order valence-electron chi connectivity index (χ3n) is 9.20. The summed E-state index contributed by atoms with van der Waals surface area (Å²) >= 11 is 14.6. The van der Waals surface area contributed by atoms with Crippen molar-refractivity contribution in [3.05, 3.63) is 57.3 Å². The Morgan fingerprint density at radius 3 is 2.49 bits per heavy atom. The number of halogens is 2. The number of rotatable bonds is 11. The Morgan fingerprint density at radius 1 is 1.15 bits per heavy atom. The van der Waals surface area contributed by atoms with E-state index in [9.17, 15) is 13.2 Å². The topological polar surface area (TPSA) is 127 Å². The van der Waals surface area contributed by atoms with Gasteiger partial charge in [-0.1, -0.05) is 45.8 Å². The molecule has 2 aromatic carbocycles. The molecule has 0 atom stereocenters. The standard InChI is InChI=1S/C33H37Cl2N5O5S2/c1-18(2)44-25-15-20(31(41)39-47(42,43)33(3)11-12-33)16-26-29(25)37-32(46-26)40-13-9-21(10-14-40)36-17-22-28(38-45-30(22)19-7-8-19)27-23(34)5-4-6-24(27)35/h4-6,15-16,18-19,21,36H,7-14,17H2,1-3H3,(H,39,41). The Labute approximate surface area is 288 Å². The largest absolute Gasteiger partial charge is 0.489 e. The first kappa shape index (κ1) is 32.6. The Bertz CT molecular complexity index is 1920. The molecule has 1 saturated heterocycles. The molecule has 4 aromatic rings. The van der Waals surface area contributed by atoms with Crippen LogP contribution in [0.4, 0.5) is 5.13 Å². The molecule has 0 bridgehead atoms. The van der Waals surface area contributed by atoms with Crippen LogP contribution in [0.5, 0.6) is 5.75 Å². The normalized spacial score (nSPS) is 18.2. The molecule has 3 aliphatic rings. The Hall–Kier alpha value is -2.90. The minimum atomic E-state index is -3.77. The molecule has 1 aliphatic heterocycles. The highest BCUT2D eigenvalue weighted by molar-refractivity contribution is 7.91. The number of aromatic nitrogens is 2. The second kappa shape index (κ2) is 12.5. The summed E-state index contributed by atoms with van der Waals surface area (Å²) in [5, 5.41) is 10.1. The maximum absolute atomic E-state index is 13.1. The van der Waals surface area contributed by atoms with Crippen molar-refractivity contribution in [2.24, 2.45) is 0 Å². The number of carbonyl (C=O) groups is 1. The van der Waals surface area contributed by atoms with Crippen LogP contribution in [0.25, 0.3) is 21.5 Å². The van der Waals surface area contributed by atoms with Gasteiger partial charge in [-0.2, -0.15) is 0 Å². The molecule has 2 aromatic heterocycles. The first-order chi connectivity index (χ1) is 22.4. The lowest BCUT2D eigenvalue weighted by molar-refractivity contribution is 0.0980. The lowest BCUT2D eigenvalue weighted by Crippen LogP contribution is -2.42. The Morgan fingerprint density at radius 2 is 1.85 bits per heavy atom. The van der Waals surface area contributed by atoms with Gasteiger partial charge < -0.3 is 19.5 Å². The van der Waals surface area contributed by atoms with Gasteiger partial charge in [-0.3, -0.25) is 4.79 Å². The van der Waals surface area contributed by atoms with Crippen molar-refractivity contribution >= 4 is 65.8 Å². The highest BCUT2D eigenvalue weighted by atomic mass is 35.5. The number of anilines is 1. The van der Waals surface area contributed by atoms with E-state index in [2.05, 4.69) is 20.1 Å². The summed E-state index contributed by atoms with van der Waals surface area (Å²) in [4.78, 5) is 20.3. The fourth-order valence-electron chi connectivity index (χ4n) is 5.95. The van der Waals surface area contributed by atoms with E-state index < -0.39 is 20.7 Å². The van der Waals surface area contributed by atoms with Gasteiger partial charge in [-0.05, 0) is 83.6 Å². The smallest absolute Gasteiger partial charge is 0.264 e. The van der Waals surface area contributed by atoms with E-state index in [4.69, 9.17) is 37.4 Å². The van der Waals surface area contributed by atoms with Gasteiger partial charge in [0.1, 0.15) is 22.7 Å². The second-order valence-corrected chi connectivity index (χ2v) is 17.3. The van der Waals surface area contributed by atoms with Gasteiger partial charge in [0.25, 0.3) is 5.91 Å². The molecular formula is C33H37Cl2N5O5S2. The van der Waals surface area contributed by atoms with Crippen molar-refractivity contribution < 1.29 is 22.5 Å². The van der Waals surface area contributed by atoms with Crippen molar-refractivity contribution in [1.29, 1.82) is 0 Å². The average Bonchev–Trinajstić information content (AvgIpc) is 3.93. The van der Waals surface area contributed by atoms with Crippen molar-refractivity contribution in [2.45, 2.75) is 88.7 Å². The van der Waals surface area contributed by atoms with Crippen molar-refractivity contribution in [3.8, 4) is 17.0 Å². The zero-order valence-corrected chi connectivity index (χ0v) is 29.6. The molecule has 1 amide bonds. The summed E-state index contributed by atoms with van der Waals surface area (Å²) in [7, 11) is -3.77. The molecule has 2 N–H and O–H groups in total. The number of thiazole rings is 1. The zero-order chi connectivity index (χ0) is 33.1. The van der Waals surface area contributed by atoms with E-state index in [1.165, 1.54) is 11.3 Å². The van der Waals surface area contributed by atoms with Crippen LogP contribution in [0, 0.1) is 0 Å². The van der Waals surface area contributed by atoms with Crippen molar-refractivity contribution in [1.82, 2.24) is 20.2 Å². The van der Waals surface area contributed by atoms with E-state index in [0.717, 1.165) is 59.9 Å². The Balaban J connectivity index is 1.05. The molecule has 7 rings (SSSR count). The summed E-state index contributed by atoms with van der Waals surface area (Å²) in [6.07, 6.45) is 4.92. The SMILES string of the molecule is CC(C)Oc1cc(C(=O)NS(=O)(=O)C2(C)CC2)cc2sc(N3CCC(NCc4c(-c5c(Cl)cccc5Cl)noc4C4CC4)CC3)nc12. The van der Waals surface area contributed by atoms with E-state index in [0.29, 0.717) is 57.9 Å². The van der Waals surface area contributed by atoms with Crippen LogP contribution in [0.2, 0.25) is 10.0 Å². The molecule has 0 spiro atoms. The molecule has 0 unspecified atom stereocenters. The lowest BCUT2D eigenvalue weighted by atomic mass is 10.0. The average molecular weight is 719 g/mol. The fraction of sp³-hybridized carbons (Fsp3) is 0.485. The van der Waals surface area contributed by atoms with Gasteiger partial charge >= 0.3 is 0 Å². The minimum absolute atomic E-state index is 0.155. The van der Waals surface area contributed by atoms with Crippen LogP contribution < -0.4 is 19.7 Å². The maximum Gasteiger partial charge on any atom is 0.264 e. The molecule has 3 fully saturated rings. The molecule has 10 nitrogen and oxygen atoms in total. The summed E-state index contributed by atoms with van der Waals surface area (Å²) < 4.78 is 39.5. The molecule has 2 aliphatic carbocycles. The van der Waals surface area contributed by atoms with Gasteiger partial charge in [-0.25, -0.2) is 18.1 Å². The van der Waals surface area contributed by atoms with Crippen LogP contribution in [-0.4, -0.2) is 54.4 Å². The van der Waals surface area contributed by atoms with Gasteiger partial charge in [0, 0.05) is 48.3 Å². The molecule has 2 saturated carbocycles. The van der Waals surface area contributed by atoms with E-state index >= 15 is 0 Å². The first-order valence-electron chi connectivity index (χ1n) is 16.0. The predicted octanol–water partition coefficient (Wildman–Crippen LogP) is 7.29. The number of amides is 1. The summed E-state index contributed by atoms with van der Waals surface area (Å²) in [5.74, 6) is 1.11. The number of carbonyl (C=O) groups excluding carboxylic acids is 1. The monoisotopic (exact) mass is 717 g/mol. The number of benzene rings is 2. The quantitative estimate of drug-likeness (QED) is 0.164. The van der Waals surface area contributed by atoms with Crippen molar-refractivity contribution in [2.75, 3.05) is 18.0 Å².